The maximum Gasteiger partial charge on any atom is 0.326 e. The van der Waals surface area contributed by atoms with Crippen LogP contribution in [0, 0.1) is 5.92 Å². The average molecular weight is 263 g/mol. The molecular weight excluding hydrogens is 246 g/mol. The molecule has 19 heavy (non-hydrogen) atoms. The minimum atomic E-state index is -1.07. The number of carbonyl (C=O) groups is 3. The smallest absolute Gasteiger partial charge is 0.326 e. The van der Waals surface area contributed by atoms with Crippen molar-refractivity contribution in [1.29, 1.82) is 0 Å². The predicted molar refractivity (Wildman–Crippen MR) is 70.2 cm³/mol. The Kier molecular flexibility index (Phi) is 4.80. The zero-order valence-corrected chi connectivity index (χ0v) is 11.1. The molecule has 1 atom stereocenters. The van der Waals surface area contributed by atoms with Gasteiger partial charge in [0.05, 0.1) is 0 Å². The first-order chi connectivity index (χ1) is 8.82. The van der Waals surface area contributed by atoms with Crippen molar-refractivity contribution in [2.75, 3.05) is 0 Å². The van der Waals surface area contributed by atoms with Crippen LogP contribution in [-0.4, -0.2) is 28.8 Å². The van der Waals surface area contributed by atoms with Gasteiger partial charge in [0.25, 0.3) is 5.91 Å². The predicted octanol–water partition coefficient (Wildman–Crippen LogP) is 1.73. The Bertz CT molecular complexity index is 491. The van der Waals surface area contributed by atoms with Gasteiger partial charge >= 0.3 is 5.97 Å². The number of rotatable bonds is 5. The van der Waals surface area contributed by atoms with Gasteiger partial charge in [-0.3, -0.25) is 9.59 Å². The third kappa shape index (κ3) is 3.91. The summed E-state index contributed by atoms with van der Waals surface area (Å²) in [7, 11) is 0. The molecule has 0 saturated heterocycles. The van der Waals surface area contributed by atoms with Gasteiger partial charge < -0.3 is 10.4 Å². The number of nitrogens with one attached hydrogen (secondary N) is 1. The largest absolute Gasteiger partial charge is 0.480 e. The Morgan fingerprint density at radius 2 is 1.53 bits per heavy atom. The van der Waals surface area contributed by atoms with E-state index < -0.39 is 17.9 Å². The number of Topliss-reactive ketones (excluding diaryl/α,β-unsaturated/α-hetero) is 1. The summed E-state index contributed by atoms with van der Waals surface area (Å²) < 4.78 is 0. The van der Waals surface area contributed by atoms with Crippen LogP contribution in [0.1, 0.15) is 41.5 Å². The van der Waals surface area contributed by atoms with E-state index in [-0.39, 0.29) is 11.7 Å². The summed E-state index contributed by atoms with van der Waals surface area (Å²) in [6, 6.07) is 5.17. The van der Waals surface area contributed by atoms with Gasteiger partial charge in [0.1, 0.15) is 6.04 Å². The Morgan fingerprint density at radius 3 is 1.89 bits per heavy atom. The molecule has 0 heterocycles. The van der Waals surface area contributed by atoms with Crippen molar-refractivity contribution in [2.45, 2.75) is 26.8 Å². The number of hydrogen-bond donors (Lipinski definition) is 2. The lowest BCUT2D eigenvalue weighted by Crippen LogP contribution is -2.44. The Labute approximate surface area is 111 Å². The van der Waals surface area contributed by atoms with Gasteiger partial charge in [-0.2, -0.15) is 0 Å². The monoisotopic (exact) mass is 263 g/mol. The molecule has 1 aromatic carbocycles. The molecule has 0 aromatic heterocycles. The fourth-order valence-corrected chi connectivity index (χ4v) is 1.59. The molecular formula is C14H17NO4. The lowest BCUT2D eigenvalue weighted by Gasteiger charge is -2.17. The minimum absolute atomic E-state index is 0.0856. The second-order valence-corrected chi connectivity index (χ2v) is 4.67. The number of benzene rings is 1. The highest BCUT2D eigenvalue weighted by atomic mass is 16.4. The second-order valence-electron chi connectivity index (χ2n) is 4.67. The number of amides is 1. The van der Waals surface area contributed by atoms with E-state index in [9.17, 15) is 14.4 Å². The average Bonchev–Trinajstić information content (AvgIpc) is 2.34. The molecule has 0 fully saturated rings. The van der Waals surface area contributed by atoms with E-state index in [2.05, 4.69) is 5.32 Å². The molecule has 102 valence electrons. The molecule has 0 aliphatic rings. The molecule has 0 spiro atoms. The number of hydrogen-bond acceptors (Lipinski definition) is 3. The lowest BCUT2D eigenvalue weighted by atomic mass is 10.0. The molecule has 2 N–H and O–H groups in total. The molecule has 1 rings (SSSR count). The van der Waals surface area contributed by atoms with Crippen molar-refractivity contribution in [3.63, 3.8) is 0 Å². The molecule has 0 unspecified atom stereocenters. The number of carboxylic acid groups (broad SMARTS) is 1. The number of aliphatic carboxylic acids is 1. The highest BCUT2D eigenvalue weighted by Crippen LogP contribution is 2.07. The summed E-state index contributed by atoms with van der Waals surface area (Å²) in [5.41, 5.74) is 0.840. The molecule has 1 amide bonds. The summed E-state index contributed by atoms with van der Waals surface area (Å²) in [5, 5.41) is 11.5. The molecule has 5 heteroatoms. The van der Waals surface area contributed by atoms with Crippen molar-refractivity contribution < 1.29 is 19.5 Å². The van der Waals surface area contributed by atoms with Gasteiger partial charge in [-0.25, -0.2) is 4.79 Å². The van der Waals surface area contributed by atoms with Crippen LogP contribution >= 0.6 is 0 Å². The first kappa shape index (κ1) is 14.9. The first-order valence-electron chi connectivity index (χ1n) is 5.97. The maximum atomic E-state index is 11.9. The Hall–Kier alpha value is -2.17. The van der Waals surface area contributed by atoms with E-state index in [0.717, 1.165) is 0 Å². The van der Waals surface area contributed by atoms with Crippen molar-refractivity contribution in [3.8, 4) is 0 Å². The fraction of sp³-hybridized carbons (Fsp3) is 0.357. The van der Waals surface area contributed by atoms with Crippen LogP contribution in [0.5, 0.6) is 0 Å². The third-order valence-corrected chi connectivity index (χ3v) is 2.77. The van der Waals surface area contributed by atoms with Crippen LogP contribution in [0.25, 0.3) is 0 Å². The number of carbonyl (C=O) groups excluding carboxylic acids is 2. The number of ketones is 1. The van der Waals surface area contributed by atoms with Crippen molar-refractivity contribution in [1.82, 2.24) is 5.32 Å². The molecule has 1 aromatic rings. The van der Waals surface area contributed by atoms with Gasteiger partial charge in [-0.1, -0.05) is 26.0 Å². The number of carboxylic acids is 1. The van der Waals surface area contributed by atoms with Crippen LogP contribution in [0.15, 0.2) is 24.3 Å². The highest BCUT2D eigenvalue weighted by Gasteiger charge is 2.23. The van der Waals surface area contributed by atoms with E-state index in [1.807, 2.05) is 0 Å². The van der Waals surface area contributed by atoms with Crippen LogP contribution in [-0.2, 0) is 4.79 Å². The van der Waals surface area contributed by atoms with Crippen LogP contribution in [0.4, 0.5) is 0 Å². The molecule has 0 aliphatic carbocycles. The molecule has 0 aliphatic heterocycles. The van der Waals surface area contributed by atoms with Crippen LogP contribution in [0.3, 0.4) is 0 Å². The van der Waals surface area contributed by atoms with Gasteiger partial charge in [0.2, 0.25) is 0 Å². The molecule has 0 bridgehead atoms. The van der Waals surface area contributed by atoms with Gasteiger partial charge in [-0.05, 0) is 25.0 Å². The van der Waals surface area contributed by atoms with Crippen molar-refractivity contribution >= 4 is 17.7 Å². The van der Waals surface area contributed by atoms with Crippen molar-refractivity contribution in [3.05, 3.63) is 35.4 Å². The first-order valence-corrected chi connectivity index (χ1v) is 5.97. The van der Waals surface area contributed by atoms with Crippen molar-refractivity contribution in [2.24, 2.45) is 5.92 Å². The minimum Gasteiger partial charge on any atom is -0.480 e. The van der Waals surface area contributed by atoms with E-state index in [1.54, 1.807) is 26.0 Å². The van der Waals surface area contributed by atoms with E-state index >= 15 is 0 Å². The Morgan fingerprint density at radius 1 is 1.05 bits per heavy atom. The van der Waals surface area contributed by atoms with E-state index in [1.165, 1.54) is 19.1 Å². The molecule has 5 nitrogen and oxygen atoms in total. The summed E-state index contributed by atoms with van der Waals surface area (Å²) in [5.74, 6) is -1.82. The molecule has 0 saturated carbocycles. The van der Waals surface area contributed by atoms with E-state index in [0.29, 0.717) is 11.1 Å². The normalized spacial score (nSPS) is 12.0. The quantitative estimate of drug-likeness (QED) is 0.792. The summed E-state index contributed by atoms with van der Waals surface area (Å²) in [6.07, 6.45) is 0. The van der Waals surface area contributed by atoms with Gasteiger partial charge in [0.15, 0.2) is 5.78 Å². The fourth-order valence-electron chi connectivity index (χ4n) is 1.59. The standard InChI is InChI=1S/C14H17NO4/c1-8(2)12(14(18)19)15-13(17)11-6-4-10(5-7-11)9(3)16/h4-8,12H,1-3H3,(H,15,17)(H,18,19)/t12-/m0/s1. The zero-order chi connectivity index (χ0) is 14.6. The van der Waals surface area contributed by atoms with Crippen LogP contribution in [0.2, 0.25) is 0 Å². The highest BCUT2D eigenvalue weighted by molar-refractivity contribution is 5.99. The summed E-state index contributed by atoms with van der Waals surface area (Å²) in [4.78, 5) is 34.0. The van der Waals surface area contributed by atoms with E-state index in [4.69, 9.17) is 5.11 Å². The van der Waals surface area contributed by atoms with Gasteiger partial charge in [0, 0.05) is 11.1 Å². The topological polar surface area (TPSA) is 83.5 Å². The van der Waals surface area contributed by atoms with Gasteiger partial charge in [-0.15, -0.1) is 0 Å². The lowest BCUT2D eigenvalue weighted by molar-refractivity contribution is -0.140. The maximum absolute atomic E-state index is 11.9. The molecule has 0 radical (unpaired) electrons. The van der Waals surface area contributed by atoms with Crippen LogP contribution < -0.4 is 5.32 Å². The summed E-state index contributed by atoms with van der Waals surface area (Å²) in [6.45, 7) is 4.88. The zero-order valence-electron chi connectivity index (χ0n) is 11.1. The Balaban J connectivity index is 2.83. The SMILES string of the molecule is CC(=O)c1ccc(C(=O)N[C@H](C(=O)O)C(C)C)cc1. The third-order valence-electron chi connectivity index (χ3n) is 2.77. The summed E-state index contributed by atoms with van der Waals surface area (Å²) >= 11 is 0. The second kappa shape index (κ2) is 6.13.